The van der Waals surface area contributed by atoms with Gasteiger partial charge in [0.25, 0.3) is 0 Å². The van der Waals surface area contributed by atoms with Gasteiger partial charge in [0.2, 0.25) is 0 Å². The van der Waals surface area contributed by atoms with E-state index in [1.54, 1.807) is 0 Å². The summed E-state index contributed by atoms with van der Waals surface area (Å²) in [5.74, 6) is -1.41. The van der Waals surface area contributed by atoms with Crippen molar-refractivity contribution in [2.75, 3.05) is 12.9 Å². The third-order valence-electron chi connectivity index (χ3n) is 3.16. The first-order valence-electron chi connectivity index (χ1n) is 6.74. The number of Topliss-reactive ketones (excluding diaryl/α,β-unsaturated/α-hetero) is 1. The summed E-state index contributed by atoms with van der Waals surface area (Å²) in [5.41, 5.74) is 0.0738. The Balaban J connectivity index is 2.14. The van der Waals surface area contributed by atoms with Gasteiger partial charge in [-0.15, -0.1) is 0 Å². The average Bonchev–Trinajstić information content (AvgIpc) is 2.54. The van der Waals surface area contributed by atoms with Gasteiger partial charge >= 0.3 is 5.97 Å². The molecule has 0 atom stereocenters. The van der Waals surface area contributed by atoms with Crippen molar-refractivity contribution in [2.24, 2.45) is 0 Å². The van der Waals surface area contributed by atoms with Gasteiger partial charge in [-0.2, -0.15) is 0 Å². The number of hydrogen-bond donors (Lipinski definition) is 0. The van der Waals surface area contributed by atoms with Crippen molar-refractivity contribution >= 4 is 56.4 Å². The van der Waals surface area contributed by atoms with Gasteiger partial charge in [-0.25, -0.2) is 13.2 Å². The van der Waals surface area contributed by atoms with Crippen molar-refractivity contribution in [2.45, 2.75) is 4.90 Å². The van der Waals surface area contributed by atoms with Crippen LogP contribution in [0.2, 0.25) is 15.1 Å². The molecule has 132 valence electrons. The van der Waals surface area contributed by atoms with Crippen LogP contribution < -0.4 is 0 Å². The quantitative estimate of drug-likeness (QED) is 0.537. The minimum absolute atomic E-state index is 0.0133. The average molecular weight is 422 g/mol. The van der Waals surface area contributed by atoms with E-state index in [9.17, 15) is 18.0 Å². The number of rotatable bonds is 5. The van der Waals surface area contributed by atoms with Crippen LogP contribution in [0.4, 0.5) is 0 Å². The van der Waals surface area contributed by atoms with E-state index in [1.807, 2.05) is 0 Å². The largest absolute Gasteiger partial charge is 0.454 e. The number of halogens is 3. The van der Waals surface area contributed by atoms with E-state index in [0.717, 1.165) is 12.3 Å². The first-order valence-corrected chi connectivity index (χ1v) is 9.77. The molecular weight excluding hydrogens is 411 g/mol. The highest BCUT2D eigenvalue weighted by atomic mass is 35.5. The van der Waals surface area contributed by atoms with Crippen LogP contribution in [0.25, 0.3) is 0 Å². The van der Waals surface area contributed by atoms with Crippen molar-refractivity contribution in [3.05, 3.63) is 62.6 Å². The Morgan fingerprint density at radius 1 is 0.960 bits per heavy atom. The molecule has 0 amide bonds. The molecule has 0 N–H and O–H groups in total. The third kappa shape index (κ3) is 4.95. The summed E-state index contributed by atoms with van der Waals surface area (Å²) >= 11 is 17.5. The van der Waals surface area contributed by atoms with E-state index in [1.165, 1.54) is 30.3 Å². The zero-order valence-corrected chi connectivity index (χ0v) is 15.8. The third-order valence-corrected chi connectivity index (χ3v) is 5.34. The van der Waals surface area contributed by atoms with E-state index >= 15 is 0 Å². The van der Waals surface area contributed by atoms with Crippen LogP contribution in [0.1, 0.15) is 20.7 Å². The standard InChI is InChI=1S/C16H11Cl3O5S/c1-25(22,23)10-3-5-12(17)11(7-10)16(21)24-8-15(20)9-2-4-13(18)14(19)6-9/h2-7H,8H2,1H3. The summed E-state index contributed by atoms with van der Waals surface area (Å²) < 4.78 is 28.0. The zero-order chi connectivity index (χ0) is 18.8. The Morgan fingerprint density at radius 2 is 1.60 bits per heavy atom. The maximum Gasteiger partial charge on any atom is 0.340 e. The Bertz CT molecular complexity index is 954. The number of carbonyl (C=O) groups is 2. The van der Waals surface area contributed by atoms with Crippen LogP contribution >= 0.6 is 34.8 Å². The molecule has 0 aliphatic rings. The Hall–Kier alpha value is -1.60. The number of hydrogen-bond acceptors (Lipinski definition) is 5. The molecule has 0 unspecified atom stereocenters. The lowest BCUT2D eigenvalue weighted by Gasteiger charge is -2.08. The molecule has 0 fully saturated rings. The SMILES string of the molecule is CS(=O)(=O)c1ccc(Cl)c(C(=O)OCC(=O)c2ccc(Cl)c(Cl)c2)c1. The van der Waals surface area contributed by atoms with Crippen molar-refractivity contribution in [1.82, 2.24) is 0 Å². The summed E-state index contributed by atoms with van der Waals surface area (Å²) in [4.78, 5) is 24.1. The first-order chi connectivity index (χ1) is 11.6. The summed E-state index contributed by atoms with van der Waals surface area (Å²) in [6, 6.07) is 7.90. The molecule has 0 heterocycles. The maximum absolute atomic E-state index is 12.1. The molecule has 0 aliphatic carbocycles. The van der Waals surface area contributed by atoms with Crippen molar-refractivity contribution in [3.63, 3.8) is 0 Å². The summed E-state index contributed by atoms with van der Waals surface area (Å²) in [6.07, 6.45) is 0.999. The molecule has 2 aromatic carbocycles. The molecule has 0 spiro atoms. The molecule has 0 aliphatic heterocycles. The second-order valence-corrected chi connectivity index (χ2v) is 8.28. The fourth-order valence-corrected chi connectivity index (χ4v) is 2.99. The summed E-state index contributed by atoms with van der Waals surface area (Å²) in [7, 11) is -3.52. The lowest BCUT2D eigenvalue weighted by molar-refractivity contribution is 0.0474. The predicted octanol–water partition coefficient (Wildman–Crippen LogP) is 4.09. The smallest absolute Gasteiger partial charge is 0.340 e. The number of esters is 1. The van der Waals surface area contributed by atoms with Gasteiger partial charge in [0.15, 0.2) is 22.2 Å². The molecule has 0 bridgehead atoms. The minimum Gasteiger partial charge on any atom is -0.454 e. The first kappa shape index (κ1) is 19.7. The van der Waals surface area contributed by atoms with E-state index in [-0.39, 0.29) is 26.1 Å². The molecule has 0 saturated carbocycles. The fourth-order valence-electron chi connectivity index (χ4n) is 1.85. The minimum atomic E-state index is -3.52. The maximum atomic E-state index is 12.1. The number of benzene rings is 2. The van der Waals surface area contributed by atoms with E-state index in [0.29, 0.717) is 5.02 Å². The number of carbonyl (C=O) groups excluding carboxylic acids is 2. The van der Waals surface area contributed by atoms with Gasteiger partial charge in [-0.1, -0.05) is 34.8 Å². The lowest BCUT2D eigenvalue weighted by Crippen LogP contribution is -2.15. The van der Waals surface area contributed by atoms with Crippen molar-refractivity contribution < 1.29 is 22.7 Å². The van der Waals surface area contributed by atoms with E-state index < -0.39 is 28.2 Å². The fraction of sp³-hybridized carbons (Fsp3) is 0.125. The van der Waals surface area contributed by atoms with Crippen LogP contribution in [-0.2, 0) is 14.6 Å². The number of ketones is 1. The van der Waals surface area contributed by atoms with Crippen LogP contribution in [0.5, 0.6) is 0 Å². The molecule has 25 heavy (non-hydrogen) atoms. The second kappa shape index (κ2) is 7.74. The van der Waals surface area contributed by atoms with Gasteiger partial charge < -0.3 is 4.74 Å². The summed E-state index contributed by atoms with van der Waals surface area (Å²) in [6.45, 7) is -0.559. The number of ether oxygens (including phenoxy) is 1. The van der Waals surface area contributed by atoms with Crippen molar-refractivity contribution in [1.29, 1.82) is 0 Å². The molecule has 2 rings (SSSR count). The van der Waals surface area contributed by atoms with Crippen molar-refractivity contribution in [3.8, 4) is 0 Å². The molecule has 0 radical (unpaired) electrons. The Kier molecular flexibility index (Phi) is 6.11. The molecule has 0 saturated heterocycles. The van der Waals surface area contributed by atoms with Gasteiger partial charge in [-0.05, 0) is 36.4 Å². The zero-order valence-electron chi connectivity index (χ0n) is 12.8. The topological polar surface area (TPSA) is 77.5 Å². The highest BCUT2D eigenvalue weighted by molar-refractivity contribution is 7.90. The van der Waals surface area contributed by atoms with Gasteiger partial charge in [0.1, 0.15) is 0 Å². The van der Waals surface area contributed by atoms with E-state index in [4.69, 9.17) is 39.5 Å². The van der Waals surface area contributed by atoms with Gasteiger partial charge in [0, 0.05) is 11.8 Å². The molecule has 2 aromatic rings. The molecule has 0 aromatic heterocycles. The van der Waals surface area contributed by atoms with Gasteiger partial charge in [0.05, 0.1) is 25.5 Å². The van der Waals surface area contributed by atoms with Crippen LogP contribution in [0.3, 0.4) is 0 Å². The summed E-state index contributed by atoms with van der Waals surface area (Å²) in [5, 5.41) is 0.502. The molecule has 9 heteroatoms. The molecular formula is C16H11Cl3O5S. The Labute approximate surface area is 159 Å². The van der Waals surface area contributed by atoms with Gasteiger partial charge in [-0.3, -0.25) is 4.79 Å². The monoisotopic (exact) mass is 420 g/mol. The Morgan fingerprint density at radius 3 is 2.20 bits per heavy atom. The normalized spacial score (nSPS) is 11.2. The van der Waals surface area contributed by atoms with Crippen LogP contribution in [0.15, 0.2) is 41.3 Å². The highest BCUT2D eigenvalue weighted by Crippen LogP contribution is 2.24. The van der Waals surface area contributed by atoms with Crippen LogP contribution in [-0.4, -0.2) is 33.0 Å². The van der Waals surface area contributed by atoms with E-state index in [2.05, 4.69) is 0 Å². The highest BCUT2D eigenvalue weighted by Gasteiger charge is 2.18. The van der Waals surface area contributed by atoms with Crippen LogP contribution in [0, 0.1) is 0 Å². The second-order valence-electron chi connectivity index (χ2n) is 5.04. The predicted molar refractivity (Wildman–Crippen MR) is 95.6 cm³/mol. The lowest BCUT2D eigenvalue weighted by atomic mass is 10.1. The number of sulfone groups is 1. The molecule has 5 nitrogen and oxygen atoms in total.